The van der Waals surface area contributed by atoms with Crippen LogP contribution in [-0.2, 0) is 6.54 Å². The molecule has 0 amide bonds. The minimum absolute atomic E-state index is 0.452. The first-order valence-electron chi connectivity index (χ1n) is 4.97. The Balaban J connectivity index is 2.15. The largest absolute Gasteiger partial charge is 0.443 e. The predicted octanol–water partition coefficient (Wildman–Crippen LogP) is 3.17. The fourth-order valence-corrected chi connectivity index (χ4v) is 3.24. The molecule has 1 aromatic carbocycles. The number of fused-ring (bicyclic) bond motifs is 1. The molecule has 0 bridgehead atoms. The summed E-state index contributed by atoms with van der Waals surface area (Å²) in [6.07, 6.45) is 1.45. The first kappa shape index (κ1) is 10.9. The van der Waals surface area contributed by atoms with Gasteiger partial charge in [-0.1, -0.05) is 6.07 Å². The van der Waals surface area contributed by atoms with Crippen LogP contribution in [0.3, 0.4) is 0 Å². The maximum atomic E-state index is 5.58. The van der Waals surface area contributed by atoms with E-state index in [0.29, 0.717) is 6.54 Å². The van der Waals surface area contributed by atoms with Gasteiger partial charge in [-0.2, -0.15) is 0 Å². The van der Waals surface area contributed by atoms with Gasteiger partial charge in [0.05, 0.1) is 4.88 Å². The van der Waals surface area contributed by atoms with Gasteiger partial charge in [0.2, 0.25) is 0 Å². The zero-order valence-corrected chi connectivity index (χ0v) is 11.1. The van der Waals surface area contributed by atoms with E-state index in [0.717, 1.165) is 31.2 Å². The summed E-state index contributed by atoms with van der Waals surface area (Å²) in [4.78, 5) is 9.48. The third-order valence-corrected chi connectivity index (χ3v) is 4.36. The zero-order chi connectivity index (χ0) is 11.8. The number of oxazole rings is 1. The molecule has 0 fully saturated rings. The van der Waals surface area contributed by atoms with E-state index in [-0.39, 0.29) is 0 Å². The molecule has 86 valence electrons. The highest BCUT2D eigenvalue weighted by molar-refractivity contribution is 9.10. The Morgan fingerprint density at radius 2 is 2.29 bits per heavy atom. The van der Waals surface area contributed by atoms with Crippen molar-refractivity contribution in [3.05, 3.63) is 34.2 Å². The molecule has 17 heavy (non-hydrogen) atoms. The predicted molar refractivity (Wildman–Crippen MR) is 70.7 cm³/mol. The molecule has 0 aliphatic rings. The van der Waals surface area contributed by atoms with Gasteiger partial charge in [0.25, 0.3) is 0 Å². The van der Waals surface area contributed by atoms with Gasteiger partial charge in [0, 0.05) is 6.54 Å². The lowest BCUT2D eigenvalue weighted by Crippen LogP contribution is -1.93. The molecule has 6 heteroatoms. The molecule has 0 spiro atoms. The first-order valence-corrected chi connectivity index (χ1v) is 6.58. The van der Waals surface area contributed by atoms with Crippen LogP contribution in [0.5, 0.6) is 0 Å². The lowest BCUT2D eigenvalue weighted by Gasteiger charge is -1.96. The minimum Gasteiger partial charge on any atom is -0.443 e. The van der Waals surface area contributed by atoms with Crippen LogP contribution in [0.1, 0.15) is 5.01 Å². The molecular formula is C11H8BrN3OS. The molecule has 0 aliphatic carbocycles. The number of hydrogen-bond acceptors (Lipinski definition) is 5. The molecule has 3 aromatic rings. The van der Waals surface area contributed by atoms with Crippen molar-refractivity contribution in [2.75, 3.05) is 0 Å². The van der Waals surface area contributed by atoms with Crippen molar-refractivity contribution in [1.29, 1.82) is 0 Å². The van der Waals surface area contributed by atoms with E-state index in [1.165, 1.54) is 6.39 Å². The molecular weight excluding hydrogens is 302 g/mol. The van der Waals surface area contributed by atoms with Gasteiger partial charge in [-0.3, -0.25) is 0 Å². The van der Waals surface area contributed by atoms with E-state index in [1.807, 2.05) is 18.2 Å². The van der Waals surface area contributed by atoms with E-state index >= 15 is 0 Å². The van der Waals surface area contributed by atoms with Crippen LogP contribution in [0.4, 0.5) is 0 Å². The second-order valence-electron chi connectivity index (χ2n) is 3.47. The molecule has 0 saturated carbocycles. The number of thiazole rings is 1. The fraction of sp³-hybridized carbons (Fsp3) is 0.0909. The zero-order valence-electron chi connectivity index (χ0n) is 8.68. The third-order valence-electron chi connectivity index (χ3n) is 2.40. The Bertz CT molecular complexity index is 676. The van der Waals surface area contributed by atoms with Gasteiger partial charge < -0.3 is 10.2 Å². The highest BCUT2D eigenvalue weighted by Crippen LogP contribution is 2.35. The molecule has 3 rings (SSSR count). The van der Waals surface area contributed by atoms with Gasteiger partial charge in [-0.15, -0.1) is 11.3 Å². The molecule has 0 radical (unpaired) electrons. The van der Waals surface area contributed by atoms with Gasteiger partial charge in [-0.25, -0.2) is 9.97 Å². The summed E-state index contributed by atoms with van der Waals surface area (Å²) in [5.41, 5.74) is 8.27. The SMILES string of the molecule is NCc1nc(Br)c(-c2ccc3ncoc3c2)s1. The summed E-state index contributed by atoms with van der Waals surface area (Å²) < 4.78 is 6.11. The third kappa shape index (κ3) is 1.88. The highest BCUT2D eigenvalue weighted by Gasteiger charge is 2.11. The second kappa shape index (κ2) is 4.21. The van der Waals surface area contributed by atoms with Crippen LogP contribution in [0.25, 0.3) is 21.5 Å². The van der Waals surface area contributed by atoms with Gasteiger partial charge >= 0.3 is 0 Å². The topological polar surface area (TPSA) is 64.9 Å². The molecule has 2 N–H and O–H groups in total. The number of nitrogens with two attached hydrogens (primary N) is 1. The molecule has 0 unspecified atom stereocenters. The summed E-state index contributed by atoms with van der Waals surface area (Å²) >= 11 is 5.03. The summed E-state index contributed by atoms with van der Waals surface area (Å²) in [5, 5.41) is 0.907. The maximum absolute atomic E-state index is 5.58. The number of nitrogens with zero attached hydrogens (tertiary/aromatic N) is 2. The van der Waals surface area contributed by atoms with Crippen LogP contribution in [0, 0.1) is 0 Å². The maximum Gasteiger partial charge on any atom is 0.181 e. The Hall–Kier alpha value is -1.24. The van der Waals surface area contributed by atoms with Crippen molar-refractivity contribution >= 4 is 38.4 Å². The Morgan fingerprint density at radius 1 is 1.41 bits per heavy atom. The van der Waals surface area contributed by atoms with Crippen LogP contribution >= 0.6 is 27.3 Å². The summed E-state index contributed by atoms with van der Waals surface area (Å²) in [6, 6.07) is 5.90. The number of rotatable bonds is 2. The smallest absolute Gasteiger partial charge is 0.181 e. The number of aromatic nitrogens is 2. The lowest BCUT2D eigenvalue weighted by molar-refractivity contribution is 0.602. The van der Waals surface area contributed by atoms with E-state index < -0.39 is 0 Å². The normalized spacial score (nSPS) is 11.2. The average molecular weight is 310 g/mol. The van der Waals surface area contributed by atoms with Gasteiger partial charge in [0.1, 0.15) is 15.1 Å². The monoisotopic (exact) mass is 309 g/mol. The van der Waals surface area contributed by atoms with E-state index in [2.05, 4.69) is 25.9 Å². The molecule has 4 nitrogen and oxygen atoms in total. The highest BCUT2D eigenvalue weighted by atomic mass is 79.9. The number of halogens is 1. The van der Waals surface area contributed by atoms with Crippen molar-refractivity contribution in [2.45, 2.75) is 6.54 Å². The Kier molecular flexibility index (Phi) is 2.70. The Labute approximate surface area is 110 Å². The van der Waals surface area contributed by atoms with Gasteiger partial charge in [-0.05, 0) is 33.6 Å². The second-order valence-corrected chi connectivity index (χ2v) is 5.30. The number of benzene rings is 1. The molecule has 2 aromatic heterocycles. The van der Waals surface area contributed by atoms with Crippen molar-refractivity contribution in [2.24, 2.45) is 5.73 Å². The van der Waals surface area contributed by atoms with E-state index in [4.69, 9.17) is 10.2 Å². The quantitative estimate of drug-likeness (QED) is 0.789. The molecule has 2 heterocycles. The van der Waals surface area contributed by atoms with E-state index in [9.17, 15) is 0 Å². The summed E-state index contributed by atoms with van der Waals surface area (Å²) in [7, 11) is 0. The van der Waals surface area contributed by atoms with Crippen LogP contribution in [0.15, 0.2) is 33.6 Å². The minimum atomic E-state index is 0.452. The van der Waals surface area contributed by atoms with Crippen LogP contribution in [-0.4, -0.2) is 9.97 Å². The fourth-order valence-electron chi connectivity index (χ4n) is 1.60. The Morgan fingerprint density at radius 3 is 3.06 bits per heavy atom. The summed E-state index contributed by atoms with van der Waals surface area (Å²) in [5.74, 6) is 0. The lowest BCUT2D eigenvalue weighted by atomic mass is 10.2. The first-order chi connectivity index (χ1) is 8.28. The molecule has 0 aliphatic heterocycles. The molecule has 0 atom stereocenters. The van der Waals surface area contributed by atoms with Crippen molar-refractivity contribution in [1.82, 2.24) is 9.97 Å². The molecule has 0 saturated heterocycles. The van der Waals surface area contributed by atoms with Crippen LogP contribution in [0.2, 0.25) is 0 Å². The van der Waals surface area contributed by atoms with Crippen LogP contribution < -0.4 is 5.73 Å². The van der Waals surface area contributed by atoms with Crippen molar-refractivity contribution in [3.8, 4) is 10.4 Å². The van der Waals surface area contributed by atoms with Gasteiger partial charge in [0.15, 0.2) is 12.0 Å². The standard InChI is InChI=1S/C11H8BrN3OS/c12-11-10(17-9(4-13)15-11)6-1-2-7-8(3-6)16-5-14-7/h1-3,5H,4,13H2. The van der Waals surface area contributed by atoms with Crippen molar-refractivity contribution in [3.63, 3.8) is 0 Å². The average Bonchev–Trinajstić information content (AvgIpc) is 2.93. The number of hydrogen-bond donors (Lipinski definition) is 1. The van der Waals surface area contributed by atoms with Crippen molar-refractivity contribution < 1.29 is 4.42 Å². The summed E-state index contributed by atoms with van der Waals surface area (Å²) in [6.45, 7) is 0.452. The van der Waals surface area contributed by atoms with E-state index in [1.54, 1.807) is 11.3 Å².